The maximum atomic E-state index is 13.7. The highest BCUT2D eigenvalue weighted by atomic mass is 35.5. The van der Waals surface area contributed by atoms with E-state index in [0.29, 0.717) is 50.1 Å². The Kier molecular flexibility index (Phi) is 10.6. The van der Waals surface area contributed by atoms with Gasteiger partial charge in [0.1, 0.15) is 11.5 Å². The van der Waals surface area contributed by atoms with Gasteiger partial charge >= 0.3 is 5.91 Å². The quantitative estimate of drug-likeness (QED) is 0.0383. The van der Waals surface area contributed by atoms with Crippen LogP contribution in [0.15, 0.2) is 76.6 Å². The molecular weight excluding hydrogens is 634 g/mol. The normalized spacial score (nSPS) is 15.8. The van der Waals surface area contributed by atoms with E-state index in [9.17, 15) is 14.7 Å². The van der Waals surface area contributed by atoms with Gasteiger partial charge in [-0.2, -0.15) is 0 Å². The van der Waals surface area contributed by atoms with Crippen molar-refractivity contribution in [2.75, 3.05) is 25.7 Å². The van der Waals surface area contributed by atoms with Crippen LogP contribution in [-0.2, 0) is 15.3 Å². The van der Waals surface area contributed by atoms with E-state index in [2.05, 4.69) is 17.1 Å². The van der Waals surface area contributed by atoms with Crippen LogP contribution in [0.4, 0.5) is 5.13 Å². The minimum Gasteiger partial charge on any atom is -0.507 e. The molecule has 234 valence electrons. The first-order valence-corrected chi connectivity index (χ1v) is 16.5. The molecule has 1 fully saturated rings. The van der Waals surface area contributed by atoms with Crippen molar-refractivity contribution in [2.24, 2.45) is 0 Å². The second-order valence-electron chi connectivity index (χ2n) is 10.1. The number of carbonyl (C=O) groups excluding carboxylic acids is 2. The Morgan fingerprint density at radius 1 is 0.978 bits per heavy atom. The summed E-state index contributed by atoms with van der Waals surface area (Å²) in [7, 11) is 3.07. The molecule has 1 N–H and O–H groups in total. The van der Waals surface area contributed by atoms with Gasteiger partial charge in [-0.3, -0.25) is 14.5 Å². The Balaban J connectivity index is 1.53. The minimum absolute atomic E-state index is 0.0746. The van der Waals surface area contributed by atoms with Crippen LogP contribution in [0.2, 0.25) is 5.02 Å². The predicted molar refractivity (Wildman–Crippen MR) is 177 cm³/mol. The van der Waals surface area contributed by atoms with E-state index in [1.165, 1.54) is 42.2 Å². The van der Waals surface area contributed by atoms with Gasteiger partial charge in [0, 0.05) is 16.3 Å². The van der Waals surface area contributed by atoms with Crippen molar-refractivity contribution >= 4 is 57.3 Å². The van der Waals surface area contributed by atoms with Crippen LogP contribution in [0.1, 0.15) is 48.9 Å². The van der Waals surface area contributed by atoms with Gasteiger partial charge in [-0.05, 0) is 66.1 Å². The first kappa shape index (κ1) is 32.3. The highest BCUT2D eigenvalue weighted by molar-refractivity contribution is 8.00. The van der Waals surface area contributed by atoms with Crippen LogP contribution < -0.4 is 19.1 Å². The smallest absolute Gasteiger partial charge is 0.301 e. The van der Waals surface area contributed by atoms with Gasteiger partial charge in [0.15, 0.2) is 15.8 Å². The molecule has 1 amide bonds. The van der Waals surface area contributed by atoms with Crippen LogP contribution in [0, 0.1) is 0 Å². The molecule has 0 radical (unpaired) electrons. The molecule has 9 nitrogen and oxygen atoms in total. The summed E-state index contributed by atoms with van der Waals surface area (Å²) in [4.78, 5) is 28.6. The second-order valence-corrected chi connectivity index (χ2v) is 12.7. The number of hydrogen-bond donors (Lipinski definition) is 1. The largest absolute Gasteiger partial charge is 0.507 e. The number of amides is 1. The number of aliphatic hydroxyl groups is 1. The third-order valence-electron chi connectivity index (χ3n) is 7.19. The maximum Gasteiger partial charge on any atom is 0.301 e. The number of Topliss-reactive ketones (excluding diaryl/α,β-unsaturated/α-hetero) is 1. The van der Waals surface area contributed by atoms with Crippen LogP contribution in [0.5, 0.6) is 17.2 Å². The zero-order chi connectivity index (χ0) is 31.9. The summed E-state index contributed by atoms with van der Waals surface area (Å²) in [5, 5.41) is 21.0. The molecule has 0 bridgehead atoms. The number of unbranched alkanes of at least 4 members (excludes halogenated alkanes) is 2. The lowest BCUT2D eigenvalue weighted by molar-refractivity contribution is -0.132. The SMILES string of the molecule is CCCCCOc1ccc(C2/C(=C(/O)c3ccc(OC)cc3)C(=O)C(=O)N2c2nnc(SCc3ccc(Cl)cc3)s2)cc1OC. The lowest BCUT2D eigenvalue weighted by Gasteiger charge is -2.23. The molecule has 5 rings (SSSR count). The first-order chi connectivity index (χ1) is 21.8. The summed E-state index contributed by atoms with van der Waals surface area (Å²) >= 11 is 8.65. The fourth-order valence-electron chi connectivity index (χ4n) is 4.84. The fraction of sp³-hybridized carbons (Fsp3) is 0.273. The van der Waals surface area contributed by atoms with Crippen molar-refractivity contribution in [3.8, 4) is 17.2 Å². The standard InChI is InChI=1S/C33H32ClN3O6S2/c1-4-5-6-17-43-25-16-11-22(18-26(25)42-3)28-27(29(38)21-9-14-24(41-2)15-10-21)30(39)31(40)37(28)32-35-36-33(45-32)44-19-20-7-12-23(34)13-8-20/h7-16,18,28,38H,4-6,17,19H2,1-3H3/b29-27-. The number of nitrogens with zero attached hydrogens (tertiary/aromatic N) is 3. The van der Waals surface area contributed by atoms with E-state index in [1.54, 1.807) is 42.5 Å². The van der Waals surface area contributed by atoms with Crippen LogP contribution >= 0.6 is 34.7 Å². The number of benzene rings is 3. The molecule has 2 heterocycles. The van der Waals surface area contributed by atoms with Gasteiger partial charge in [-0.15, -0.1) is 10.2 Å². The summed E-state index contributed by atoms with van der Waals surface area (Å²) in [6.07, 6.45) is 3.01. The molecule has 3 aromatic carbocycles. The molecule has 1 aliphatic rings. The van der Waals surface area contributed by atoms with Gasteiger partial charge in [0.2, 0.25) is 5.13 Å². The molecule has 1 aromatic heterocycles. The molecule has 1 atom stereocenters. The van der Waals surface area contributed by atoms with Gasteiger partial charge in [-0.1, -0.05) is 72.7 Å². The Labute approximate surface area is 274 Å². The Bertz CT molecular complexity index is 1690. The molecule has 12 heteroatoms. The zero-order valence-electron chi connectivity index (χ0n) is 25.0. The number of carbonyl (C=O) groups is 2. The molecule has 0 saturated carbocycles. The number of ketones is 1. The average Bonchev–Trinajstić information content (AvgIpc) is 3.64. The Hall–Kier alpha value is -4.06. The van der Waals surface area contributed by atoms with Crippen molar-refractivity contribution in [1.29, 1.82) is 0 Å². The summed E-state index contributed by atoms with van der Waals surface area (Å²) < 4.78 is 17.5. The predicted octanol–water partition coefficient (Wildman–Crippen LogP) is 7.70. The third-order valence-corrected chi connectivity index (χ3v) is 9.57. The fourth-order valence-corrected chi connectivity index (χ4v) is 6.79. The van der Waals surface area contributed by atoms with E-state index in [-0.39, 0.29) is 16.5 Å². The molecule has 4 aromatic rings. The molecular formula is C33H32ClN3O6S2. The van der Waals surface area contributed by atoms with E-state index >= 15 is 0 Å². The van der Waals surface area contributed by atoms with E-state index < -0.39 is 17.7 Å². The molecule has 1 saturated heterocycles. The topological polar surface area (TPSA) is 111 Å². The number of ether oxygens (including phenoxy) is 3. The number of halogens is 1. The molecule has 0 aliphatic carbocycles. The van der Waals surface area contributed by atoms with Crippen molar-refractivity contribution in [1.82, 2.24) is 10.2 Å². The number of methoxy groups -OCH3 is 2. The first-order valence-electron chi connectivity index (χ1n) is 14.3. The Morgan fingerprint density at radius 3 is 2.42 bits per heavy atom. The average molecular weight is 666 g/mol. The summed E-state index contributed by atoms with van der Waals surface area (Å²) in [5.41, 5.74) is 1.87. The molecule has 1 unspecified atom stereocenters. The maximum absolute atomic E-state index is 13.7. The second kappa shape index (κ2) is 14.8. The number of anilines is 1. The lowest BCUT2D eigenvalue weighted by Crippen LogP contribution is -2.29. The summed E-state index contributed by atoms with van der Waals surface area (Å²) in [6, 6.07) is 18.3. The lowest BCUT2D eigenvalue weighted by atomic mass is 9.95. The number of thioether (sulfide) groups is 1. The Morgan fingerprint density at radius 2 is 1.73 bits per heavy atom. The monoisotopic (exact) mass is 665 g/mol. The van der Waals surface area contributed by atoms with E-state index in [4.69, 9.17) is 25.8 Å². The number of hydrogen-bond acceptors (Lipinski definition) is 10. The zero-order valence-corrected chi connectivity index (χ0v) is 27.4. The van der Waals surface area contributed by atoms with Crippen LogP contribution in [-0.4, -0.2) is 47.8 Å². The van der Waals surface area contributed by atoms with Crippen LogP contribution in [0.25, 0.3) is 5.76 Å². The van der Waals surface area contributed by atoms with Gasteiger partial charge < -0.3 is 19.3 Å². The number of rotatable bonds is 13. The summed E-state index contributed by atoms with van der Waals surface area (Å²) in [6.45, 7) is 2.65. The highest BCUT2D eigenvalue weighted by Crippen LogP contribution is 2.45. The van der Waals surface area contributed by atoms with Gasteiger partial charge in [-0.25, -0.2) is 0 Å². The van der Waals surface area contributed by atoms with Gasteiger partial charge in [0.05, 0.1) is 32.4 Å². The molecule has 45 heavy (non-hydrogen) atoms. The number of aromatic nitrogens is 2. The van der Waals surface area contributed by atoms with Crippen LogP contribution in [0.3, 0.4) is 0 Å². The van der Waals surface area contributed by atoms with Crippen molar-refractivity contribution in [3.63, 3.8) is 0 Å². The van der Waals surface area contributed by atoms with Crippen molar-refractivity contribution in [3.05, 3.63) is 94.0 Å². The van der Waals surface area contributed by atoms with E-state index in [1.807, 2.05) is 24.3 Å². The van der Waals surface area contributed by atoms with Crippen molar-refractivity contribution in [2.45, 2.75) is 42.3 Å². The van der Waals surface area contributed by atoms with E-state index in [0.717, 1.165) is 24.8 Å². The molecule has 1 aliphatic heterocycles. The molecule has 0 spiro atoms. The third kappa shape index (κ3) is 7.27. The van der Waals surface area contributed by atoms with Crippen molar-refractivity contribution < 1.29 is 28.9 Å². The summed E-state index contributed by atoms with van der Waals surface area (Å²) in [5.74, 6) is 0.209. The highest BCUT2D eigenvalue weighted by Gasteiger charge is 2.48. The number of aliphatic hydroxyl groups excluding tert-OH is 1. The van der Waals surface area contributed by atoms with Gasteiger partial charge in [0.25, 0.3) is 5.78 Å². The minimum atomic E-state index is -1.00.